The predicted molar refractivity (Wildman–Crippen MR) is 55.3 cm³/mol. The molecule has 0 bridgehead atoms. The van der Waals surface area contributed by atoms with Crippen LogP contribution < -0.4 is 5.73 Å². The Hall–Kier alpha value is -1.15. The lowest BCUT2D eigenvalue weighted by Gasteiger charge is -2.11. The van der Waals surface area contributed by atoms with E-state index in [0.717, 1.165) is 23.3 Å². The summed E-state index contributed by atoms with van der Waals surface area (Å²) in [6, 6.07) is 4.04. The monoisotopic (exact) mass is 176 g/mol. The first kappa shape index (κ1) is 9.93. The van der Waals surface area contributed by atoms with Gasteiger partial charge in [0.1, 0.15) is 0 Å². The van der Waals surface area contributed by atoms with E-state index in [0.29, 0.717) is 0 Å². The third-order valence-corrected chi connectivity index (χ3v) is 1.92. The Morgan fingerprint density at radius 1 is 1.69 bits per heavy atom. The number of nitrogens with two attached hydrogens (primary N) is 1. The van der Waals surface area contributed by atoms with Gasteiger partial charge >= 0.3 is 0 Å². The van der Waals surface area contributed by atoms with E-state index in [1.807, 2.05) is 26.0 Å². The minimum absolute atomic E-state index is 0.0548. The number of nitrogens with zero attached hydrogens (tertiary/aromatic N) is 1. The van der Waals surface area contributed by atoms with Gasteiger partial charge < -0.3 is 5.73 Å². The van der Waals surface area contributed by atoms with E-state index in [1.54, 1.807) is 6.20 Å². The minimum atomic E-state index is 0.0548. The normalized spacial score (nSPS) is 12.5. The van der Waals surface area contributed by atoms with E-state index in [1.165, 1.54) is 0 Å². The van der Waals surface area contributed by atoms with Crippen LogP contribution in [-0.4, -0.2) is 4.98 Å². The number of aryl methyl sites for hydroxylation is 1. The minimum Gasteiger partial charge on any atom is -0.324 e. The molecule has 1 atom stereocenters. The van der Waals surface area contributed by atoms with Crippen molar-refractivity contribution in [2.45, 2.75) is 26.3 Å². The topological polar surface area (TPSA) is 38.9 Å². The maximum absolute atomic E-state index is 5.98. The summed E-state index contributed by atoms with van der Waals surface area (Å²) in [6.45, 7) is 7.81. The molecule has 0 aliphatic carbocycles. The molecule has 0 spiro atoms. The highest BCUT2D eigenvalue weighted by Crippen LogP contribution is 2.17. The Bertz CT molecular complexity index is 305. The standard InChI is InChI=1S/C11H16N2/c1-8(2)6-11(12)10-4-5-13-9(3)7-10/h4-5,7,11H,1,6,12H2,2-3H3. The number of pyridine rings is 1. The van der Waals surface area contributed by atoms with Crippen molar-refractivity contribution in [3.05, 3.63) is 41.7 Å². The summed E-state index contributed by atoms with van der Waals surface area (Å²) >= 11 is 0. The van der Waals surface area contributed by atoms with Crippen LogP contribution in [0.4, 0.5) is 0 Å². The molecular weight excluding hydrogens is 160 g/mol. The zero-order valence-corrected chi connectivity index (χ0v) is 8.25. The average molecular weight is 176 g/mol. The zero-order chi connectivity index (χ0) is 9.84. The molecule has 1 aromatic rings. The number of rotatable bonds is 3. The number of hydrogen-bond donors (Lipinski definition) is 1. The van der Waals surface area contributed by atoms with Crippen molar-refractivity contribution in [1.29, 1.82) is 0 Å². The van der Waals surface area contributed by atoms with Crippen LogP contribution in [0.15, 0.2) is 30.5 Å². The van der Waals surface area contributed by atoms with Crippen LogP contribution in [0.25, 0.3) is 0 Å². The Morgan fingerprint density at radius 3 is 2.92 bits per heavy atom. The largest absolute Gasteiger partial charge is 0.324 e. The second-order valence-corrected chi connectivity index (χ2v) is 3.50. The van der Waals surface area contributed by atoms with E-state index in [2.05, 4.69) is 11.6 Å². The second-order valence-electron chi connectivity index (χ2n) is 3.50. The SMILES string of the molecule is C=C(C)CC(N)c1ccnc(C)c1. The van der Waals surface area contributed by atoms with Gasteiger partial charge in [0.15, 0.2) is 0 Å². The van der Waals surface area contributed by atoms with E-state index in [4.69, 9.17) is 5.73 Å². The molecule has 0 saturated heterocycles. The number of aromatic nitrogens is 1. The third kappa shape index (κ3) is 2.99. The zero-order valence-electron chi connectivity index (χ0n) is 8.25. The Balaban J connectivity index is 2.76. The van der Waals surface area contributed by atoms with Gasteiger partial charge in [-0.2, -0.15) is 0 Å². The van der Waals surface area contributed by atoms with Gasteiger partial charge in [-0.05, 0) is 38.0 Å². The van der Waals surface area contributed by atoms with E-state index < -0.39 is 0 Å². The molecule has 0 aliphatic rings. The Morgan fingerprint density at radius 2 is 2.38 bits per heavy atom. The first-order chi connectivity index (χ1) is 6.09. The Kier molecular flexibility index (Phi) is 3.20. The van der Waals surface area contributed by atoms with Gasteiger partial charge in [-0.25, -0.2) is 0 Å². The summed E-state index contributed by atoms with van der Waals surface area (Å²) < 4.78 is 0. The summed E-state index contributed by atoms with van der Waals surface area (Å²) in [7, 11) is 0. The summed E-state index contributed by atoms with van der Waals surface area (Å²) in [6.07, 6.45) is 2.63. The molecule has 0 fully saturated rings. The lowest BCUT2D eigenvalue weighted by Crippen LogP contribution is -2.10. The molecule has 0 radical (unpaired) electrons. The van der Waals surface area contributed by atoms with Crippen LogP contribution >= 0.6 is 0 Å². The van der Waals surface area contributed by atoms with Gasteiger partial charge in [-0.15, -0.1) is 6.58 Å². The number of hydrogen-bond acceptors (Lipinski definition) is 2. The maximum atomic E-state index is 5.98. The second kappa shape index (κ2) is 4.19. The van der Waals surface area contributed by atoms with Crippen LogP contribution in [0.1, 0.15) is 30.6 Å². The summed E-state index contributed by atoms with van der Waals surface area (Å²) in [5.41, 5.74) is 9.23. The third-order valence-electron chi connectivity index (χ3n) is 1.92. The van der Waals surface area contributed by atoms with Gasteiger partial charge in [0.2, 0.25) is 0 Å². The molecule has 1 unspecified atom stereocenters. The van der Waals surface area contributed by atoms with E-state index in [-0.39, 0.29) is 6.04 Å². The van der Waals surface area contributed by atoms with Crippen molar-refractivity contribution in [2.75, 3.05) is 0 Å². The van der Waals surface area contributed by atoms with Crippen LogP contribution in [0.5, 0.6) is 0 Å². The highest BCUT2D eigenvalue weighted by Gasteiger charge is 2.05. The van der Waals surface area contributed by atoms with Gasteiger partial charge in [-0.1, -0.05) is 5.57 Å². The molecule has 1 rings (SSSR count). The molecular formula is C11H16N2. The molecule has 2 heteroatoms. The molecule has 2 nitrogen and oxygen atoms in total. The van der Waals surface area contributed by atoms with Crippen molar-refractivity contribution >= 4 is 0 Å². The fourth-order valence-electron chi connectivity index (χ4n) is 1.29. The van der Waals surface area contributed by atoms with Crippen molar-refractivity contribution in [3.63, 3.8) is 0 Å². The smallest absolute Gasteiger partial charge is 0.0375 e. The van der Waals surface area contributed by atoms with Crippen molar-refractivity contribution in [3.8, 4) is 0 Å². The molecule has 13 heavy (non-hydrogen) atoms. The van der Waals surface area contributed by atoms with Gasteiger partial charge in [0, 0.05) is 17.9 Å². The maximum Gasteiger partial charge on any atom is 0.0375 e. The molecule has 0 aliphatic heterocycles. The van der Waals surface area contributed by atoms with Crippen LogP contribution in [0.2, 0.25) is 0 Å². The summed E-state index contributed by atoms with van der Waals surface area (Å²) in [4.78, 5) is 4.12. The van der Waals surface area contributed by atoms with Crippen molar-refractivity contribution < 1.29 is 0 Å². The van der Waals surface area contributed by atoms with E-state index >= 15 is 0 Å². The highest BCUT2D eigenvalue weighted by atomic mass is 14.7. The molecule has 2 N–H and O–H groups in total. The van der Waals surface area contributed by atoms with Crippen molar-refractivity contribution in [2.24, 2.45) is 5.73 Å². The van der Waals surface area contributed by atoms with Crippen LogP contribution in [0, 0.1) is 6.92 Å². The fourth-order valence-corrected chi connectivity index (χ4v) is 1.29. The lowest BCUT2D eigenvalue weighted by molar-refractivity contribution is 0.714. The molecule has 1 aromatic heterocycles. The molecule has 0 aromatic carbocycles. The van der Waals surface area contributed by atoms with Crippen molar-refractivity contribution in [1.82, 2.24) is 4.98 Å². The summed E-state index contributed by atoms with van der Waals surface area (Å²) in [5, 5.41) is 0. The Labute approximate surface area is 79.5 Å². The predicted octanol–water partition coefficient (Wildman–Crippen LogP) is 2.36. The van der Waals surface area contributed by atoms with E-state index in [9.17, 15) is 0 Å². The van der Waals surface area contributed by atoms with Gasteiger partial charge in [0.25, 0.3) is 0 Å². The molecule has 0 saturated carbocycles. The average Bonchev–Trinajstić information content (AvgIpc) is 2.03. The highest BCUT2D eigenvalue weighted by molar-refractivity contribution is 5.20. The van der Waals surface area contributed by atoms with Gasteiger partial charge in [-0.3, -0.25) is 4.98 Å². The summed E-state index contributed by atoms with van der Waals surface area (Å²) in [5.74, 6) is 0. The van der Waals surface area contributed by atoms with Gasteiger partial charge in [0.05, 0.1) is 0 Å². The first-order valence-electron chi connectivity index (χ1n) is 4.42. The molecule has 70 valence electrons. The van der Waals surface area contributed by atoms with Crippen LogP contribution in [-0.2, 0) is 0 Å². The fraction of sp³-hybridized carbons (Fsp3) is 0.364. The van der Waals surface area contributed by atoms with Crippen LogP contribution in [0.3, 0.4) is 0 Å². The quantitative estimate of drug-likeness (QED) is 0.718. The molecule has 1 heterocycles. The molecule has 0 amide bonds. The lowest BCUT2D eigenvalue weighted by atomic mass is 10.0. The first-order valence-corrected chi connectivity index (χ1v) is 4.42.